The van der Waals surface area contributed by atoms with E-state index in [0.717, 1.165) is 22.2 Å². The monoisotopic (exact) mass is 406 g/mol. The Balaban J connectivity index is 0.000000290. The number of pyridine rings is 1. The third-order valence-corrected chi connectivity index (χ3v) is 5.91. The second-order valence-corrected chi connectivity index (χ2v) is 8.06. The minimum Gasteiger partial charge on any atom is -0.472 e. The number of fused-ring (bicyclic) bond motifs is 1. The molecule has 0 saturated heterocycles. The van der Waals surface area contributed by atoms with Crippen LogP contribution in [-0.4, -0.2) is 33.7 Å². The Morgan fingerprint density at radius 2 is 2.08 bits per heavy atom. The molecule has 0 bridgehead atoms. The fourth-order valence-corrected chi connectivity index (χ4v) is 3.63. The zero-order valence-corrected chi connectivity index (χ0v) is 17.7. The number of ether oxygens (including phenoxy) is 1. The number of aryl methyl sites for hydroxylation is 1. The van der Waals surface area contributed by atoms with Crippen LogP contribution in [0, 0.1) is 0 Å². The van der Waals surface area contributed by atoms with Gasteiger partial charge in [0.2, 0.25) is 5.44 Å². The average molecular weight is 407 g/mol. The van der Waals surface area contributed by atoms with E-state index in [-0.39, 0.29) is 5.78 Å². The van der Waals surface area contributed by atoms with E-state index in [1.54, 1.807) is 23.1 Å². The summed E-state index contributed by atoms with van der Waals surface area (Å²) in [7, 11) is 0. The lowest BCUT2D eigenvalue weighted by atomic mass is 10.2. The minimum atomic E-state index is -0.450. The summed E-state index contributed by atoms with van der Waals surface area (Å²) in [5.74, 6) is 0.714. The molecule has 1 unspecified atom stereocenters. The molecule has 3 aromatic rings. The number of thioether (sulfide) groups is 2. The largest absolute Gasteiger partial charge is 0.472 e. The maximum Gasteiger partial charge on any atom is 0.202 e. The number of nitrogens with zero attached hydrogens (tertiary/aromatic N) is 2. The minimum absolute atomic E-state index is 0.0172. The number of aromatic nitrogens is 2. The lowest BCUT2D eigenvalue weighted by Gasteiger charge is -2.14. The number of ketones is 1. The molecule has 4 nitrogen and oxygen atoms in total. The Morgan fingerprint density at radius 3 is 2.62 bits per heavy atom. The Kier molecular flexibility index (Phi) is 8.41. The molecule has 3 rings (SSSR count). The van der Waals surface area contributed by atoms with E-state index in [0.29, 0.717) is 5.75 Å². The number of benzene rings is 1. The molecule has 0 aliphatic heterocycles. The van der Waals surface area contributed by atoms with Gasteiger partial charge >= 0.3 is 0 Å². The molecular formula is C19H22N2O2S3. The van der Waals surface area contributed by atoms with E-state index in [4.69, 9.17) is 4.74 Å². The topological polar surface area (TPSA) is 52.1 Å². The number of thiazole rings is 1. The van der Waals surface area contributed by atoms with Crippen LogP contribution in [0.4, 0.5) is 0 Å². The molecule has 0 aliphatic rings. The molecule has 0 fully saturated rings. The Bertz CT molecular complexity index is 838. The predicted molar refractivity (Wildman–Crippen MR) is 114 cm³/mol. The van der Waals surface area contributed by atoms with Crippen molar-refractivity contribution in [1.29, 1.82) is 0 Å². The molecule has 1 aromatic carbocycles. The first-order valence-corrected chi connectivity index (χ1v) is 11.5. The molecule has 0 spiro atoms. The lowest BCUT2D eigenvalue weighted by Crippen LogP contribution is -2.20. The Hall–Kier alpha value is -1.57. The van der Waals surface area contributed by atoms with E-state index >= 15 is 0 Å². The van der Waals surface area contributed by atoms with E-state index in [1.165, 1.54) is 23.7 Å². The fraction of sp³-hybridized carbons (Fsp3) is 0.316. The van der Waals surface area contributed by atoms with Crippen molar-refractivity contribution in [3.8, 4) is 5.75 Å². The van der Waals surface area contributed by atoms with Gasteiger partial charge in [0, 0.05) is 28.1 Å². The number of carbonyl (C=O) groups is 1. The maximum atomic E-state index is 11.4. The van der Waals surface area contributed by atoms with Crippen LogP contribution in [0.5, 0.6) is 5.75 Å². The predicted octanol–water partition coefficient (Wildman–Crippen LogP) is 5.32. The van der Waals surface area contributed by atoms with E-state index in [1.807, 2.05) is 48.5 Å². The lowest BCUT2D eigenvalue weighted by molar-refractivity contribution is -0.120. The Labute approximate surface area is 166 Å². The molecular weight excluding hydrogens is 384 g/mol. The summed E-state index contributed by atoms with van der Waals surface area (Å²) < 4.78 is 5.69. The molecule has 0 N–H and O–H groups in total. The van der Waals surface area contributed by atoms with Gasteiger partial charge in [-0.1, -0.05) is 6.92 Å². The molecule has 2 aromatic heterocycles. The van der Waals surface area contributed by atoms with Crippen molar-refractivity contribution in [2.45, 2.75) is 30.6 Å². The van der Waals surface area contributed by atoms with Crippen molar-refractivity contribution >= 4 is 51.5 Å². The molecule has 0 aliphatic carbocycles. The molecule has 1 atom stereocenters. The zero-order chi connectivity index (χ0) is 18.9. The number of carbonyl (C=O) groups excluding carboxylic acids is 1. The van der Waals surface area contributed by atoms with Crippen molar-refractivity contribution in [2.24, 2.45) is 0 Å². The SMILES string of the molecule is CCc1nccs1.CSc1cnc2ccc(OC(SC)C(C)=O)cc2c1. The van der Waals surface area contributed by atoms with Crippen molar-refractivity contribution < 1.29 is 9.53 Å². The molecule has 0 amide bonds. The highest BCUT2D eigenvalue weighted by atomic mass is 32.2. The second-order valence-electron chi connectivity index (χ2n) is 5.31. The third kappa shape index (κ3) is 6.00. The summed E-state index contributed by atoms with van der Waals surface area (Å²) in [4.78, 5) is 20.9. The maximum absolute atomic E-state index is 11.4. The first-order chi connectivity index (χ1) is 12.6. The van der Waals surface area contributed by atoms with Gasteiger partial charge in [-0.3, -0.25) is 9.78 Å². The molecule has 2 heterocycles. The van der Waals surface area contributed by atoms with Crippen LogP contribution in [0.15, 0.2) is 46.9 Å². The molecule has 138 valence electrons. The van der Waals surface area contributed by atoms with E-state index in [9.17, 15) is 4.79 Å². The molecule has 0 radical (unpaired) electrons. The van der Waals surface area contributed by atoms with Gasteiger partial charge in [-0.05, 0) is 50.1 Å². The highest BCUT2D eigenvalue weighted by molar-refractivity contribution is 7.99. The quantitative estimate of drug-likeness (QED) is 0.408. The van der Waals surface area contributed by atoms with Gasteiger partial charge in [0.15, 0.2) is 5.78 Å². The molecule has 7 heteroatoms. The summed E-state index contributed by atoms with van der Waals surface area (Å²) in [6.07, 6.45) is 8.64. The summed E-state index contributed by atoms with van der Waals surface area (Å²) in [5, 5.41) is 4.24. The van der Waals surface area contributed by atoms with Gasteiger partial charge in [-0.2, -0.15) is 0 Å². The highest BCUT2D eigenvalue weighted by Crippen LogP contribution is 2.25. The normalized spacial score (nSPS) is 11.5. The Morgan fingerprint density at radius 1 is 1.27 bits per heavy atom. The van der Waals surface area contributed by atoms with Crippen molar-refractivity contribution in [1.82, 2.24) is 9.97 Å². The van der Waals surface area contributed by atoms with Gasteiger partial charge in [-0.25, -0.2) is 4.98 Å². The summed E-state index contributed by atoms with van der Waals surface area (Å²) in [6, 6.07) is 7.75. The number of rotatable bonds is 6. The van der Waals surface area contributed by atoms with Crippen LogP contribution < -0.4 is 4.74 Å². The zero-order valence-electron chi connectivity index (χ0n) is 15.3. The van der Waals surface area contributed by atoms with E-state index in [2.05, 4.69) is 23.0 Å². The van der Waals surface area contributed by atoms with Gasteiger partial charge in [-0.15, -0.1) is 34.9 Å². The number of hydrogen-bond donors (Lipinski definition) is 0. The van der Waals surface area contributed by atoms with Crippen molar-refractivity contribution in [3.05, 3.63) is 47.0 Å². The number of hydrogen-bond acceptors (Lipinski definition) is 7. The first-order valence-electron chi connectivity index (χ1n) is 8.09. The smallest absolute Gasteiger partial charge is 0.202 e. The van der Waals surface area contributed by atoms with Crippen molar-refractivity contribution in [2.75, 3.05) is 12.5 Å². The fourth-order valence-electron chi connectivity index (χ4n) is 2.12. The van der Waals surface area contributed by atoms with Crippen LogP contribution in [0.25, 0.3) is 10.9 Å². The van der Waals surface area contributed by atoms with Crippen LogP contribution in [0.3, 0.4) is 0 Å². The molecule has 0 saturated carbocycles. The number of Topliss-reactive ketones (excluding diaryl/α,β-unsaturated/α-hetero) is 1. The van der Waals surface area contributed by atoms with Gasteiger partial charge in [0.05, 0.1) is 10.5 Å². The molecule has 26 heavy (non-hydrogen) atoms. The standard InChI is InChI=1S/C14H15NO2S2.C5H7NS/c1-9(16)14(19-3)17-11-4-5-13-10(6-11)7-12(18-2)8-15-13;1-2-5-6-3-4-7-5/h4-8,14H,1-3H3;3-4H,2H2,1H3. The van der Waals surface area contributed by atoms with Crippen LogP contribution in [-0.2, 0) is 11.2 Å². The summed E-state index contributed by atoms with van der Waals surface area (Å²) in [5.41, 5.74) is 0.475. The summed E-state index contributed by atoms with van der Waals surface area (Å²) in [6.45, 7) is 3.65. The van der Waals surface area contributed by atoms with Crippen LogP contribution in [0.2, 0.25) is 0 Å². The van der Waals surface area contributed by atoms with Gasteiger partial charge < -0.3 is 4.74 Å². The van der Waals surface area contributed by atoms with Gasteiger partial charge in [0.1, 0.15) is 5.75 Å². The highest BCUT2D eigenvalue weighted by Gasteiger charge is 2.14. The third-order valence-electron chi connectivity index (χ3n) is 3.44. The summed E-state index contributed by atoms with van der Waals surface area (Å²) >= 11 is 4.76. The average Bonchev–Trinajstić information content (AvgIpc) is 3.19. The first kappa shape index (κ1) is 20.7. The van der Waals surface area contributed by atoms with Crippen LogP contribution in [0.1, 0.15) is 18.9 Å². The van der Waals surface area contributed by atoms with Gasteiger partial charge in [0.25, 0.3) is 0 Å². The van der Waals surface area contributed by atoms with Crippen molar-refractivity contribution in [3.63, 3.8) is 0 Å². The van der Waals surface area contributed by atoms with E-state index < -0.39 is 5.44 Å². The second kappa shape index (κ2) is 10.5. The van der Waals surface area contributed by atoms with Crippen LogP contribution >= 0.6 is 34.9 Å².